The van der Waals surface area contributed by atoms with Gasteiger partial charge in [0.1, 0.15) is 0 Å². The normalized spacial score (nSPS) is 49.1. The Labute approximate surface area is 92.9 Å². The number of rotatable bonds is 1. The van der Waals surface area contributed by atoms with Gasteiger partial charge in [0.15, 0.2) is 0 Å². The molecule has 64 valence electrons. The number of hydrogen-bond donors (Lipinski definition) is 0. The van der Waals surface area contributed by atoms with Gasteiger partial charge in [-0.1, -0.05) is 54.2 Å². The van der Waals surface area contributed by atoms with E-state index < -0.39 is 0 Å². The van der Waals surface area contributed by atoms with E-state index in [9.17, 15) is 0 Å². The lowest BCUT2D eigenvalue weighted by Crippen LogP contribution is -2.53. The third kappa shape index (κ3) is 1.35. The molecular formula is C8H11Br3. The maximum Gasteiger partial charge on any atom is 0.0732 e. The summed E-state index contributed by atoms with van der Waals surface area (Å²) in [6.07, 6.45) is 4.29. The molecule has 0 aromatic heterocycles. The van der Waals surface area contributed by atoms with Crippen molar-refractivity contribution < 1.29 is 0 Å². The average Bonchev–Trinajstić information content (AvgIpc) is 2.02. The molecular weight excluding hydrogens is 336 g/mol. The largest absolute Gasteiger partial charge is 0.0884 e. The van der Waals surface area contributed by atoms with Crippen molar-refractivity contribution in [3.8, 4) is 0 Å². The van der Waals surface area contributed by atoms with Gasteiger partial charge in [-0.15, -0.1) is 0 Å². The van der Waals surface area contributed by atoms with E-state index in [1.807, 2.05) is 0 Å². The first-order valence-electron chi connectivity index (χ1n) is 4.14. The third-order valence-corrected chi connectivity index (χ3v) is 5.75. The van der Waals surface area contributed by atoms with Gasteiger partial charge < -0.3 is 0 Å². The summed E-state index contributed by atoms with van der Waals surface area (Å²) >= 11 is 11.0. The fraction of sp³-hybridized carbons (Fsp3) is 1.00. The zero-order valence-corrected chi connectivity index (χ0v) is 10.9. The van der Waals surface area contributed by atoms with Crippen LogP contribution in [0, 0.1) is 17.8 Å². The SMILES string of the molecule is BrC(Br)C1[C@H]2CCC[C@H]1C2Br. The van der Waals surface area contributed by atoms with Crippen LogP contribution in [0.3, 0.4) is 0 Å². The van der Waals surface area contributed by atoms with Crippen molar-refractivity contribution >= 4 is 47.8 Å². The molecule has 3 rings (SSSR count). The van der Waals surface area contributed by atoms with Gasteiger partial charge in [0.25, 0.3) is 0 Å². The molecule has 0 aromatic carbocycles. The van der Waals surface area contributed by atoms with E-state index in [0.717, 1.165) is 22.6 Å². The Morgan fingerprint density at radius 3 is 1.91 bits per heavy atom. The van der Waals surface area contributed by atoms with E-state index in [2.05, 4.69) is 47.8 Å². The van der Waals surface area contributed by atoms with Crippen LogP contribution in [0.1, 0.15) is 19.3 Å². The second-order valence-corrected chi connectivity index (χ2v) is 7.87. The van der Waals surface area contributed by atoms with Crippen molar-refractivity contribution in [2.75, 3.05) is 0 Å². The standard InChI is InChI=1S/C8H11Br3/c9-7-4-2-1-3-5(7)6(4)8(10)11/h4-8H,1-3H2/t4-,5-,6?,7?/m1/s1. The summed E-state index contributed by atoms with van der Waals surface area (Å²) in [6, 6.07) is 0. The van der Waals surface area contributed by atoms with Gasteiger partial charge in [-0.2, -0.15) is 0 Å². The summed E-state index contributed by atoms with van der Waals surface area (Å²) < 4.78 is 0.541. The third-order valence-electron chi connectivity index (χ3n) is 3.17. The Hall–Kier alpha value is 1.44. The average molecular weight is 347 g/mol. The van der Waals surface area contributed by atoms with Crippen LogP contribution in [0.15, 0.2) is 0 Å². The molecule has 0 radical (unpaired) electrons. The Kier molecular flexibility index (Phi) is 2.70. The van der Waals surface area contributed by atoms with Crippen molar-refractivity contribution in [1.82, 2.24) is 0 Å². The van der Waals surface area contributed by atoms with Gasteiger partial charge in [0.2, 0.25) is 0 Å². The van der Waals surface area contributed by atoms with Crippen molar-refractivity contribution in [2.24, 2.45) is 17.8 Å². The molecule has 0 unspecified atom stereocenters. The van der Waals surface area contributed by atoms with Crippen molar-refractivity contribution in [2.45, 2.75) is 27.8 Å². The number of fused-ring (bicyclic) bond motifs is 2. The Balaban J connectivity index is 2.05. The minimum Gasteiger partial charge on any atom is -0.0884 e. The number of hydrogen-bond acceptors (Lipinski definition) is 0. The van der Waals surface area contributed by atoms with Crippen molar-refractivity contribution in [3.05, 3.63) is 0 Å². The molecule has 3 heteroatoms. The highest BCUT2D eigenvalue weighted by Crippen LogP contribution is 2.57. The van der Waals surface area contributed by atoms with Crippen LogP contribution >= 0.6 is 47.8 Å². The lowest BCUT2D eigenvalue weighted by molar-refractivity contribution is 0.0437. The first-order valence-corrected chi connectivity index (χ1v) is 6.88. The lowest BCUT2D eigenvalue weighted by atomic mass is 9.58. The van der Waals surface area contributed by atoms with Gasteiger partial charge in [0, 0.05) is 4.83 Å². The van der Waals surface area contributed by atoms with Crippen LogP contribution in [-0.2, 0) is 0 Å². The Morgan fingerprint density at radius 1 is 1.09 bits per heavy atom. The van der Waals surface area contributed by atoms with E-state index in [1.165, 1.54) is 19.3 Å². The monoisotopic (exact) mass is 344 g/mol. The second kappa shape index (κ2) is 3.30. The molecule has 0 aliphatic heterocycles. The second-order valence-electron chi connectivity index (χ2n) is 3.61. The Bertz CT molecular complexity index is 145. The van der Waals surface area contributed by atoms with Crippen LogP contribution in [0.4, 0.5) is 0 Å². The van der Waals surface area contributed by atoms with Crippen molar-refractivity contribution in [3.63, 3.8) is 0 Å². The van der Waals surface area contributed by atoms with Crippen LogP contribution in [0.25, 0.3) is 0 Å². The van der Waals surface area contributed by atoms with Gasteiger partial charge in [-0.3, -0.25) is 0 Å². The van der Waals surface area contributed by atoms with E-state index in [4.69, 9.17) is 0 Å². The highest BCUT2D eigenvalue weighted by Gasteiger charge is 2.52. The van der Waals surface area contributed by atoms with Gasteiger partial charge in [-0.05, 0) is 30.6 Å². The minimum atomic E-state index is 0.541. The predicted molar refractivity (Wildman–Crippen MR) is 58.7 cm³/mol. The molecule has 3 aliphatic carbocycles. The summed E-state index contributed by atoms with van der Waals surface area (Å²) in [5.74, 6) is 2.74. The predicted octanol–water partition coefficient (Wildman–Crippen LogP) is 3.91. The summed E-state index contributed by atoms with van der Waals surface area (Å²) in [6.45, 7) is 0. The molecule has 0 nitrogen and oxygen atoms in total. The molecule has 0 N–H and O–H groups in total. The van der Waals surface area contributed by atoms with E-state index >= 15 is 0 Å². The molecule has 0 aromatic rings. The number of alkyl halides is 3. The van der Waals surface area contributed by atoms with E-state index in [-0.39, 0.29) is 0 Å². The van der Waals surface area contributed by atoms with Crippen LogP contribution in [0.5, 0.6) is 0 Å². The molecule has 0 spiro atoms. The van der Waals surface area contributed by atoms with Crippen LogP contribution < -0.4 is 0 Å². The summed E-state index contributed by atoms with van der Waals surface area (Å²) in [7, 11) is 0. The Morgan fingerprint density at radius 2 is 1.64 bits per heavy atom. The van der Waals surface area contributed by atoms with Crippen LogP contribution in [0.2, 0.25) is 0 Å². The lowest BCUT2D eigenvalue weighted by Gasteiger charge is -2.55. The zero-order chi connectivity index (χ0) is 8.01. The molecule has 2 bridgehead atoms. The zero-order valence-electron chi connectivity index (χ0n) is 6.14. The highest BCUT2D eigenvalue weighted by molar-refractivity contribution is 9.24. The fourth-order valence-corrected chi connectivity index (χ4v) is 5.38. The summed E-state index contributed by atoms with van der Waals surface area (Å²) in [5.41, 5.74) is 0. The number of halogens is 3. The van der Waals surface area contributed by atoms with Gasteiger partial charge in [-0.25, -0.2) is 0 Å². The van der Waals surface area contributed by atoms with E-state index in [1.54, 1.807) is 0 Å². The van der Waals surface area contributed by atoms with Gasteiger partial charge in [0.05, 0.1) is 3.74 Å². The maximum absolute atomic E-state index is 3.77. The molecule has 2 atom stereocenters. The molecule has 3 fully saturated rings. The molecule has 3 saturated carbocycles. The maximum atomic E-state index is 3.77. The molecule has 3 aliphatic rings. The summed E-state index contributed by atoms with van der Waals surface area (Å²) in [4.78, 5) is 0.818. The summed E-state index contributed by atoms with van der Waals surface area (Å²) in [5, 5.41) is 0. The first kappa shape index (κ1) is 9.01. The van der Waals surface area contributed by atoms with Gasteiger partial charge >= 0.3 is 0 Å². The van der Waals surface area contributed by atoms with Crippen LogP contribution in [-0.4, -0.2) is 8.56 Å². The molecule has 11 heavy (non-hydrogen) atoms. The first-order chi connectivity index (χ1) is 5.22. The van der Waals surface area contributed by atoms with E-state index in [0.29, 0.717) is 3.74 Å². The topological polar surface area (TPSA) is 0 Å². The molecule has 0 heterocycles. The smallest absolute Gasteiger partial charge is 0.0732 e. The molecule has 0 saturated heterocycles. The fourth-order valence-electron chi connectivity index (χ4n) is 2.58. The van der Waals surface area contributed by atoms with Crippen molar-refractivity contribution in [1.29, 1.82) is 0 Å². The highest BCUT2D eigenvalue weighted by atomic mass is 79.9. The molecule has 0 amide bonds. The minimum absolute atomic E-state index is 0.541. The quantitative estimate of drug-likeness (QED) is 0.631.